The van der Waals surface area contributed by atoms with Gasteiger partial charge in [0.15, 0.2) is 0 Å². The monoisotopic (exact) mass is 280 g/mol. The van der Waals surface area contributed by atoms with Crippen LogP contribution in [0.1, 0.15) is 48.4 Å². The number of aromatic nitrogens is 2. The molecule has 1 aromatic heterocycles. The second-order valence-corrected chi connectivity index (χ2v) is 5.15. The van der Waals surface area contributed by atoms with Gasteiger partial charge in [-0.1, -0.05) is 0 Å². The van der Waals surface area contributed by atoms with Crippen LogP contribution in [0.25, 0.3) is 0 Å². The molecule has 1 unspecified atom stereocenters. The molecular formula is C14H24N4O2. The summed E-state index contributed by atoms with van der Waals surface area (Å²) in [6.45, 7) is 5.07. The van der Waals surface area contributed by atoms with Gasteiger partial charge >= 0.3 is 0 Å². The van der Waals surface area contributed by atoms with Crippen molar-refractivity contribution in [3.8, 4) is 0 Å². The number of carbonyl (C=O) groups excluding carboxylic acids is 1. The van der Waals surface area contributed by atoms with E-state index in [1.807, 2.05) is 13.0 Å². The van der Waals surface area contributed by atoms with E-state index in [2.05, 4.69) is 27.5 Å². The second-order valence-electron chi connectivity index (χ2n) is 5.15. The Morgan fingerprint density at radius 1 is 1.65 bits per heavy atom. The Kier molecular flexibility index (Phi) is 5.55. The quantitative estimate of drug-likeness (QED) is 0.739. The molecule has 0 saturated carbocycles. The lowest BCUT2D eigenvalue weighted by Crippen LogP contribution is -2.25. The van der Waals surface area contributed by atoms with Gasteiger partial charge < -0.3 is 10.1 Å². The molecule has 6 nitrogen and oxygen atoms in total. The zero-order valence-corrected chi connectivity index (χ0v) is 12.3. The van der Waals surface area contributed by atoms with E-state index in [4.69, 9.17) is 4.74 Å². The first-order valence-electron chi connectivity index (χ1n) is 7.34. The maximum Gasteiger partial charge on any atom is 0.271 e. The third kappa shape index (κ3) is 3.80. The van der Waals surface area contributed by atoms with Crippen LogP contribution in [-0.4, -0.2) is 54.4 Å². The lowest BCUT2D eigenvalue weighted by atomic mass is 10.1. The lowest BCUT2D eigenvalue weighted by molar-refractivity contribution is 0.0939. The number of rotatable bonds is 7. The van der Waals surface area contributed by atoms with Crippen molar-refractivity contribution < 1.29 is 9.53 Å². The molecule has 1 aliphatic rings. The Labute approximate surface area is 119 Å². The predicted molar refractivity (Wildman–Crippen MR) is 76.6 cm³/mol. The Balaban J connectivity index is 1.80. The van der Waals surface area contributed by atoms with E-state index in [-0.39, 0.29) is 5.91 Å². The number of aromatic amines is 1. The van der Waals surface area contributed by atoms with E-state index < -0.39 is 0 Å². The topological polar surface area (TPSA) is 70.2 Å². The van der Waals surface area contributed by atoms with Crippen LogP contribution in [-0.2, 0) is 4.74 Å². The number of likely N-dealkylation sites (tertiary alicyclic amines) is 1. The molecular weight excluding hydrogens is 256 g/mol. The number of amides is 1. The molecule has 6 heteroatoms. The molecule has 112 valence electrons. The molecule has 0 aliphatic carbocycles. The number of carbonyl (C=O) groups is 1. The molecule has 2 rings (SSSR count). The van der Waals surface area contributed by atoms with Crippen LogP contribution in [0.2, 0.25) is 0 Å². The fraction of sp³-hybridized carbons (Fsp3) is 0.714. The van der Waals surface area contributed by atoms with Gasteiger partial charge in [0.25, 0.3) is 5.91 Å². The Morgan fingerprint density at radius 3 is 3.20 bits per heavy atom. The molecule has 1 aliphatic heterocycles. The first-order valence-corrected chi connectivity index (χ1v) is 7.34. The normalized spacial score (nSPS) is 19.4. The van der Waals surface area contributed by atoms with Crippen molar-refractivity contribution in [1.29, 1.82) is 0 Å². The van der Waals surface area contributed by atoms with Crippen molar-refractivity contribution in [2.45, 2.75) is 32.2 Å². The van der Waals surface area contributed by atoms with Crippen LogP contribution in [0.4, 0.5) is 0 Å². The zero-order valence-electron chi connectivity index (χ0n) is 12.3. The summed E-state index contributed by atoms with van der Waals surface area (Å²) in [6.07, 6.45) is 3.13. The van der Waals surface area contributed by atoms with Crippen molar-refractivity contribution in [1.82, 2.24) is 20.4 Å². The zero-order chi connectivity index (χ0) is 14.4. The third-order valence-corrected chi connectivity index (χ3v) is 3.66. The maximum absolute atomic E-state index is 11.9. The van der Waals surface area contributed by atoms with Gasteiger partial charge in [0.1, 0.15) is 5.69 Å². The van der Waals surface area contributed by atoms with E-state index in [0.29, 0.717) is 31.5 Å². The van der Waals surface area contributed by atoms with Gasteiger partial charge in [-0.3, -0.25) is 14.8 Å². The standard InChI is InChI=1S/C14H24N4O2/c1-3-20-9-5-7-15-14(19)12-10-11(16-17-12)13-6-4-8-18(13)2/h10,13H,3-9H2,1-2H3,(H,15,19)(H,16,17). The number of hydrogen-bond donors (Lipinski definition) is 2. The first-order chi connectivity index (χ1) is 9.72. The molecule has 0 aromatic carbocycles. The second kappa shape index (κ2) is 7.40. The molecule has 1 aromatic rings. The van der Waals surface area contributed by atoms with Gasteiger partial charge in [-0.05, 0) is 45.8 Å². The Bertz CT molecular complexity index is 433. The van der Waals surface area contributed by atoms with Crippen molar-refractivity contribution in [3.63, 3.8) is 0 Å². The van der Waals surface area contributed by atoms with Gasteiger partial charge in [0.2, 0.25) is 0 Å². The minimum atomic E-state index is -0.121. The lowest BCUT2D eigenvalue weighted by Gasteiger charge is -2.16. The molecule has 1 saturated heterocycles. The predicted octanol–water partition coefficient (Wildman–Crippen LogP) is 1.33. The number of nitrogens with zero attached hydrogens (tertiary/aromatic N) is 2. The summed E-state index contributed by atoms with van der Waals surface area (Å²) >= 11 is 0. The van der Waals surface area contributed by atoms with Crippen LogP contribution in [0.15, 0.2) is 6.07 Å². The third-order valence-electron chi connectivity index (χ3n) is 3.66. The number of hydrogen-bond acceptors (Lipinski definition) is 4. The first kappa shape index (κ1) is 15.0. The number of ether oxygens (including phenoxy) is 1. The van der Waals surface area contributed by atoms with Crippen LogP contribution in [0.5, 0.6) is 0 Å². The summed E-state index contributed by atoms with van der Waals surface area (Å²) in [5, 5.41) is 9.97. The van der Waals surface area contributed by atoms with Crippen molar-refractivity contribution >= 4 is 5.91 Å². The average Bonchev–Trinajstić information content (AvgIpc) is 3.06. The summed E-state index contributed by atoms with van der Waals surface area (Å²) < 4.78 is 5.23. The van der Waals surface area contributed by atoms with Crippen LogP contribution < -0.4 is 5.32 Å². The minimum absolute atomic E-state index is 0.121. The van der Waals surface area contributed by atoms with E-state index in [1.54, 1.807) is 0 Å². The number of H-pyrrole nitrogens is 1. The van der Waals surface area contributed by atoms with Crippen molar-refractivity contribution in [2.24, 2.45) is 0 Å². The fourth-order valence-electron chi connectivity index (χ4n) is 2.54. The molecule has 1 fully saturated rings. The largest absolute Gasteiger partial charge is 0.382 e. The highest BCUT2D eigenvalue weighted by atomic mass is 16.5. The number of nitrogens with one attached hydrogen (secondary N) is 2. The molecule has 2 heterocycles. The van der Waals surface area contributed by atoms with E-state index in [9.17, 15) is 4.79 Å². The molecule has 1 atom stereocenters. The molecule has 2 N–H and O–H groups in total. The van der Waals surface area contributed by atoms with Crippen LogP contribution >= 0.6 is 0 Å². The highest BCUT2D eigenvalue weighted by Crippen LogP contribution is 2.29. The fourth-order valence-corrected chi connectivity index (χ4v) is 2.54. The summed E-state index contributed by atoms with van der Waals surface area (Å²) in [4.78, 5) is 14.2. The smallest absolute Gasteiger partial charge is 0.271 e. The SMILES string of the molecule is CCOCCCNC(=O)c1cc(C2CCCN2C)[nH]n1. The minimum Gasteiger partial charge on any atom is -0.382 e. The molecule has 0 radical (unpaired) electrons. The van der Waals surface area contributed by atoms with E-state index >= 15 is 0 Å². The van der Waals surface area contributed by atoms with Crippen LogP contribution in [0.3, 0.4) is 0 Å². The summed E-state index contributed by atoms with van der Waals surface area (Å²) in [7, 11) is 2.10. The van der Waals surface area contributed by atoms with Gasteiger partial charge in [0, 0.05) is 19.8 Å². The Hall–Kier alpha value is -1.40. The van der Waals surface area contributed by atoms with Crippen molar-refractivity contribution in [2.75, 3.05) is 33.4 Å². The van der Waals surface area contributed by atoms with Crippen molar-refractivity contribution in [3.05, 3.63) is 17.5 Å². The highest BCUT2D eigenvalue weighted by molar-refractivity contribution is 5.92. The average molecular weight is 280 g/mol. The highest BCUT2D eigenvalue weighted by Gasteiger charge is 2.25. The Morgan fingerprint density at radius 2 is 2.50 bits per heavy atom. The van der Waals surface area contributed by atoms with Gasteiger partial charge in [-0.15, -0.1) is 0 Å². The van der Waals surface area contributed by atoms with Crippen LogP contribution in [0, 0.1) is 0 Å². The van der Waals surface area contributed by atoms with Gasteiger partial charge in [-0.25, -0.2) is 0 Å². The molecule has 1 amide bonds. The summed E-state index contributed by atoms with van der Waals surface area (Å²) in [6, 6.07) is 2.23. The van der Waals surface area contributed by atoms with Gasteiger partial charge in [0.05, 0.1) is 11.7 Å². The maximum atomic E-state index is 11.9. The molecule has 20 heavy (non-hydrogen) atoms. The van der Waals surface area contributed by atoms with E-state index in [0.717, 1.165) is 25.1 Å². The summed E-state index contributed by atoms with van der Waals surface area (Å²) in [5.41, 5.74) is 1.50. The van der Waals surface area contributed by atoms with E-state index in [1.165, 1.54) is 6.42 Å². The molecule has 0 spiro atoms. The summed E-state index contributed by atoms with van der Waals surface area (Å²) in [5.74, 6) is -0.121. The molecule has 0 bridgehead atoms. The van der Waals surface area contributed by atoms with Gasteiger partial charge in [-0.2, -0.15) is 5.10 Å².